The Labute approximate surface area is 84.1 Å². The molecule has 11 heavy (non-hydrogen) atoms. The van der Waals surface area contributed by atoms with Crippen molar-refractivity contribution >= 4 is 0 Å². The molecule has 0 heterocycles. The molecule has 0 aliphatic heterocycles. The van der Waals surface area contributed by atoms with Crippen LogP contribution in [-0.4, -0.2) is 0 Å². The molecule has 0 saturated heterocycles. The quantitative estimate of drug-likeness (QED) is 0.417. The van der Waals surface area contributed by atoms with Crippen LogP contribution < -0.4 is 8.38 Å². The first-order chi connectivity index (χ1) is 4.00. The second kappa shape index (κ2) is 6.23. The molecule has 0 atom stereocenters. The Bertz CT molecular complexity index is 296. The van der Waals surface area contributed by atoms with E-state index in [9.17, 15) is 0 Å². The fourth-order valence-corrected chi connectivity index (χ4v) is 0. The Hall–Kier alpha value is 0.681. The normalized spacial score (nSPS) is 10.4. The van der Waals surface area contributed by atoms with Crippen LogP contribution >= 0.6 is 0 Å². The van der Waals surface area contributed by atoms with Crippen molar-refractivity contribution in [1.82, 2.24) is 0 Å². The minimum atomic E-state index is -5.62. The number of hydrogen-bond acceptors (Lipinski definition) is 8. The number of rotatable bonds is 0. The standard InChI is InChI=1S/Cd.2Mn.8O/q+2;;;;;;;;;2*-1. The van der Waals surface area contributed by atoms with Crippen LogP contribution in [-0.2, 0) is 76.2 Å². The summed E-state index contributed by atoms with van der Waals surface area (Å²) in [4.78, 5) is 0. The summed E-state index contributed by atoms with van der Waals surface area (Å²) in [7, 11) is 0. The van der Waals surface area contributed by atoms with Crippen molar-refractivity contribution in [2.45, 2.75) is 0 Å². The third kappa shape index (κ3) is 1740. The molecule has 8 nitrogen and oxygen atoms in total. The first kappa shape index (κ1) is 17.7. The summed E-state index contributed by atoms with van der Waals surface area (Å²) < 4.78 is 68.6. The molecule has 64 valence electrons. The predicted octanol–water partition coefficient (Wildman–Crippen LogP) is -3.10. The van der Waals surface area contributed by atoms with Gasteiger partial charge in [0.2, 0.25) is 0 Å². The van der Waals surface area contributed by atoms with Gasteiger partial charge in [-0.25, -0.2) is 0 Å². The van der Waals surface area contributed by atoms with Crippen LogP contribution in [0, 0.1) is 0 Å². The van der Waals surface area contributed by atoms with E-state index in [1.165, 1.54) is 0 Å². The van der Waals surface area contributed by atoms with Gasteiger partial charge in [0.15, 0.2) is 0 Å². The molecule has 0 amide bonds. The van der Waals surface area contributed by atoms with E-state index in [2.05, 4.69) is 0 Å². The van der Waals surface area contributed by atoms with Crippen LogP contribution in [0.5, 0.6) is 0 Å². The van der Waals surface area contributed by atoms with E-state index in [4.69, 9.17) is 31.4 Å². The SMILES string of the molecule is [Cd+2].[O]=[Mn](=[O])(=[O])[O-].[O]=[Mn](=[O])(=[O])[O-]. The van der Waals surface area contributed by atoms with E-state index in [1.807, 2.05) is 0 Å². The van der Waals surface area contributed by atoms with Gasteiger partial charge >= 0.3 is 84.6 Å². The van der Waals surface area contributed by atoms with Gasteiger partial charge in [-0.3, -0.25) is 0 Å². The third-order valence-corrected chi connectivity index (χ3v) is 0. The molecule has 0 radical (unpaired) electrons. The van der Waals surface area contributed by atoms with Gasteiger partial charge in [-0.15, -0.1) is 0 Å². The summed E-state index contributed by atoms with van der Waals surface area (Å²) in [5, 5.41) is 0. The predicted molar refractivity (Wildman–Crippen MR) is 4.12 cm³/mol. The Morgan fingerprint density at radius 2 is 0.636 bits per heavy atom. The summed E-state index contributed by atoms with van der Waals surface area (Å²) in [6, 6.07) is 0. The van der Waals surface area contributed by atoms with E-state index >= 15 is 0 Å². The Morgan fingerprint density at radius 3 is 0.636 bits per heavy atom. The van der Waals surface area contributed by atoms with E-state index in [-0.39, 0.29) is 27.3 Å². The molecule has 0 unspecified atom stereocenters. The van der Waals surface area contributed by atoms with E-state index in [0.29, 0.717) is 0 Å². The fraction of sp³-hybridized carbons (Fsp3) is 0. The van der Waals surface area contributed by atoms with Crippen LogP contribution in [0.15, 0.2) is 0 Å². The first-order valence-corrected chi connectivity index (χ1v) is 5.09. The molecular weight excluding hydrogens is 350 g/mol. The Morgan fingerprint density at radius 1 is 0.636 bits per heavy atom. The fourth-order valence-electron chi connectivity index (χ4n) is 0. The van der Waals surface area contributed by atoms with E-state index < -0.39 is 25.9 Å². The zero-order chi connectivity index (χ0) is 9.00. The molecule has 0 aliphatic rings. The molecular formula is CdMn2O8. The Kier molecular flexibility index (Phi) is 10.0. The van der Waals surface area contributed by atoms with Gasteiger partial charge in [0.25, 0.3) is 0 Å². The van der Waals surface area contributed by atoms with Crippen molar-refractivity contribution in [3.8, 4) is 0 Å². The van der Waals surface area contributed by atoms with E-state index in [1.54, 1.807) is 0 Å². The van der Waals surface area contributed by atoms with Crippen molar-refractivity contribution in [2.24, 2.45) is 0 Å². The summed E-state index contributed by atoms with van der Waals surface area (Å²) >= 11 is -11.2. The van der Waals surface area contributed by atoms with Crippen molar-refractivity contribution < 1.29 is 84.6 Å². The molecule has 0 N–H and O–H groups in total. The second-order valence-corrected chi connectivity index (χ2v) is 3.12. The average molecular weight is 350 g/mol. The molecule has 11 heteroatoms. The molecule has 0 fully saturated rings. The van der Waals surface area contributed by atoms with Crippen LogP contribution in [0.3, 0.4) is 0 Å². The number of hydrogen-bond donors (Lipinski definition) is 0. The minimum absolute atomic E-state index is 0. The Balaban J connectivity index is -0.000000107. The zero-order valence-corrected chi connectivity index (χ0v) is 11.1. The molecule has 0 spiro atoms. The van der Waals surface area contributed by atoms with Gasteiger partial charge in [0, 0.05) is 0 Å². The monoisotopic (exact) mass is 352 g/mol. The molecule has 0 aromatic carbocycles. The molecule has 0 aliphatic carbocycles. The van der Waals surface area contributed by atoms with Gasteiger partial charge in [0.1, 0.15) is 0 Å². The van der Waals surface area contributed by atoms with Crippen molar-refractivity contribution in [2.75, 3.05) is 0 Å². The van der Waals surface area contributed by atoms with Crippen LogP contribution in [0.1, 0.15) is 0 Å². The third-order valence-electron chi connectivity index (χ3n) is 0. The maximum atomic E-state index is 8.58. The summed E-state index contributed by atoms with van der Waals surface area (Å²) in [6.07, 6.45) is 0. The topological polar surface area (TPSA) is 149 Å². The van der Waals surface area contributed by atoms with Gasteiger partial charge in [-0.2, -0.15) is 0 Å². The maximum absolute atomic E-state index is 8.58. The van der Waals surface area contributed by atoms with E-state index in [0.717, 1.165) is 0 Å². The van der Waals surface area contributed by atoms with Gasteiger partial charge in [-0.05, 0) is 0 Å². The zero-order valence-electron chi connectivity index (χ0n) is 4.73. The molecule has 0 bridgehead atoms. The van der Waals surface area contributed by atoms with Gasteiger partial charge in [-0.1, -0.05) is 0 Å². The van der Waals surface area contributed by atoms with Crippen molar-refractivity contribution in [3.05, 3.63) is 0 Å². The van der Waals surface area contributed by atoms with Crippen LogP contribution in [0.4, 0.5) is 0 Å². The van der Waals surface area contributed by atoms with Crippen molar-refractivity contribution in [1.29, 1.82) is 0 Å². The average Bonchev–Trinajstić information content (AvgIpc) is 1.12. The summed E-state index contributed by atoms with van der Waals surface area (Å²) in [5.74, 6) is 0. The van der Waals surface area contributed by atoms with Crippen LogP contribution in [0.2, 0.25) is 0 Å². The summed E-state index contributed by atoms with van der Waals surface area (Å²) in [5.41, 5.74) is 0. The second-order valence-electron chi connectivity index (χ2n) is 0.756. The summed E-state index contributed by atoms with van der Waals surface area (Å²) in [6.45, 7) is 0. The molecule has 0 aromatic heterocycles. The van der Waals surface area contributed by atoms with Crippen molar-refractivity contribution in [3.63, 3.8) is 0 Å². The van der Waals surface area contributed by atoms with Crippen LogP contribution in [0.25, 0.3) is 0 Å². The van der Waals surface area contributed by atoms with Gasteiger partial charge in [0.05, 0.1) is 0 Å². The first-order valence-electron chi connectivity index (χ1n) is 1.23. The molecule has 0 aromatic rings. The molecule has 0 rings (SSSR count). The van der Waals surface area contributed by atoms with Gasteiger partial charge < -0.3 is 0 Å². The molecule has 0 saturated carbocycles.